The molecule has 5 N–H and O–H groups in total. The number of hydrogen-bond acceptors (Lipinski definition) is 5. The van der Waals surface area contributed by atoms with Gasteiger partial charge in [-0.05, 0) is 12.8 Å². The molecule has 0 aliphatic heterocycles. The normalized spacial score (nSPS) is 26.7. The van der Waals surface area contributed by atoms with E-state index in [2.05, 4.69) is 10.6 Å². The number of nitrogens with one attached hydrogen (secondary N) is 2. The summed E-state index contributed by atoms with van der Waals surface area (Å²) in [4.78, 5) is 34.7. The fraction of sp³-hybridized carbons (Fsp3) is 0.688. The van der Waals surface area contributed by atoms with Gasteiger partial charge in [-0.15, -0.1) is 0 Å². The minimum absolute atomic E-state index is 0.0322. The monoisotopic (exact) mass is 341 g/mol. The second-order valence-corrected chi connectivity index (χ2v) is 5.95. The molecule has 24 heavy (non-hydrogen) atoms. The molecule has 0 bridgehead atoms. The Bertz CT molecular complexity index is 516. The Balaban J connectivity index is 3.29. The van der Waals surface area contributed by atoms with Gasteiger partial charge in [-0.3, -0.25) is 9.59 Å². The zero-order valence-electron chi connectivity index (χ0n) is 14.5. The Labute approximate surface area is 141 Å². The first kappa shape index (κ1) is 20.1. The lowest BCUT2D eigenvalue weighted by Gasteiger charge is -2.41. The molecule has 0 heterocycles. The van der Waals surface area contributed by atoms with Crippen molar-refractivity contribution in [1.82, 2.24) is 10.6 Å². The first-order valence-electron chi connectivity index (χ1n) is 8.11. The number of aliphatic carboxylic acids is 1. The number of hydrogen-bond donors (Lipinski definition) is 4. The molecule has 0 saturated carbocycles. The van der Waals surface area contributed by atoms with Crippen LogP contribution in [0.15, 0.2) is 11.6 Å². The van der Waals surface area contributed by atoms with Crippen LogP contribution in [-0.2, 0) is 19.1 Å². The van der Waals surface area contributed by atoms with Crippen LogP contribution in [0, 0.1) is 0 Å². The van der Waals surface area contributed by atoms with Crippen molar-refractivity contribution in [2.75, 3.05) is 0 Å². The summed E-state index contributed by atoms with van der Waals surface area (Å²) in [6, 6.07) is -2.26. The molecule has 136 valence electrons. The van der Waals surface area contributed by atoms with Crippen molar-refractivity contribution in [3.05, 3.63) is 11.6 Å². The molecule has 0 unspecified atom stereocenters. The van der Waals surface area contributed by atoms with Crippen LogP contribution in [0.3, 0.4) is 0 Å². The lowest BCUT2D eigenvalue weighted by Crippen LogP contribution is -2.65. The van der Waals surface area contributed by atoms with Gasteiger partial charge in [0, 0.05) is 19.9 Å². The average Bonchev–Trinajstić information content (AvgIpc) is 2.48. The zero-order valence-corrected chi connectivity index (χ0v) is 14.5. The molecule has 8 nitrogen and oxygen atoms in total. The van der Waals surface area contributed by atoms with Gasteiger partial charge in [0.05, 0.1) is 23.8 Å². The first-order chi connectivity index (χ1) is 11.2. The largest absolute Gasteiger partial charge is 0.478 e. The third kappa shape index (κ3) is 5.04. The fourth-order valence-corrected chi connectivity index (χ4v) is 2.88. The van der Waals surface area contributed by atoms with Gasteiger partial charge in [-0.1, -0.05) is 19.9 Å². The minimum atomic E-state index is -1.18. The summed E-state index contributed by atoms with van der Waals surface area (Å²) in [6.07, 6.45) is 1.88. The summed E-state index contributed by atoms with van der Waals surface area (Å²) < 4.78 is 6.05. The van der Waals surface area contributed by atoms with Crippen molar-refractivity contribution < 1.29 is 24.2 Å². The van der Waals surface area contributed by atoms with Gasteiger partial charge < -0.3 is 26.2 Å². The van der Waals surface area contributed by atoms with E-state index in [1.165, 1.54) is 19.9 Å². The highest BCUT2D eigenvalue weighted by Crippen LogP contribution is 2.25. The molecule has 0 aromatic rings. The van der Waals surface area contributed by atoms with Crippen LogP contribution < -0.4 is 16.4 Å². The number of rotatable bonds is 7. The molecule has 8 heteroatoms. The standard InChI is InChI=1S/C16H27N3O5/c1-5-10(6-2)24-15-13(18-8(3)20)11(16(22)23)7-12(17)14(15)19-9(4)21/h7,10,12-15H,5-6,17H2,1-4H3,(H,18,20)(H,19,21)(H,22,23)/t12-,13+,14+,15+/m0/s1. The number of carboxylic acids is 1. The highest BCUT2D eigenvalue weighted by Gasteiger charge is 2.43. The number of carbonyl (C=O) groups is 3. The molecule has 2 amide bonds. The summed E-state index contributed by atoms with van der Waals surface area (Å²) in [6.45, 7) is 6.55. The fourth-order valence-electron chi connectivity index (χ4n) is 2.88. The van der Waals surface area contributed by atoms with Gasteiger partial charge in [0.1, 0.15) is 6.10 Å². The Kier molecular flexibility index (Phi) is 7.37. The maximum Gasteiger partial charge on any atom is 0.333 e. The van der Waals surface area contributed by atoms with Crippen molar-refractivity contribution >= 4 is 17.8 Å². The maximum absolute atomic E-state index is 11.6. The third-order valence-corrected chi connectivity index (χ3v) is 4.04. The summed E-state index contributed by atoms with van der Waals surface area (Å²) in [5, 5.41) is 14.8. The number of carboxylic acid groups (broad SMARTS) is 1. The van der Waals surface area contributed by atoms with Gasteiger partial charge in [0.2, 0.25) is 11.8 Å². The SMILES string of the molecule is CCC(CC)O[C@H]1[C@H](NC(C)=O)[C@@H](N)C=C(C(=O)O)[C@H]1NC(C)=O. The molecule has 1 aliphatic rings. The minimum Gasteiger partial charge on any atom is -0.478 e. The van der Waals surface area contributed by atoms with Gasteiger partial charge in [0.25, 0.3) is 0 Å². The van der Waals surface area contributed by atoms with Crippen LogP contribution in [0.2, 0.25) is 0 Å². The molecule has 0 fully saturated rings. The highest BCUT2D eigenvalue weighted by atomic mass is 16.5. The van der Waals surface area contributed by atoms with E-state index in [9.17, 15) is 19.5 Å². The first-order valence-corrected chi connectivity index (χ1v) is 8.11. The predicted molar refractivity (Wildman–Crippen MR) is 88.1 cm³/mol. The van der Waals surface area contributed by atoms with Gasteiger partial charge in [0.15, 0.2) is 0 Å². The second kappa shape index (κ2) is 8.79. The smallest absolute Gasteiger partial charge is 0.333 e. The van der Waals surface area contributed by atoms with Gasteiger partial charge >= 0.3 is 5.97 Å². The van der Waals surface area contributed by atoms with Crippen molar-refractivity contribution in [2.24, 2.45) is 5.73 Å². The van der Waals surface area contributed by atoms with E-state index in [0.717, 1.165) is 0 Å². The lowest BCUT2D eigenvalue weighted by molar-refractivity contribution is -0.135. The molecule has 0 saturated heterocycles. The molecular formula is C16H27N3O5. The Hall–Kier alpha value is -1.93. The quantitative estimate of drug-likeness (QED) is 0.512. The third-order valence-electron chi connectivity index (χ3n) is 4.04. The van der Waals surface area contributed by atoms with Crippen molar-refractivity contribution in [2.45, 2.75) is 70.9 Å². The van der Waals surface area contributed by atoms with Crippen LogP contribution >= 0.6 is 0 Å². The van der Waals surface area contributed by atoms with Crippen LogP contribution in [0.25, 0.3) is 0 Å². The molecule has 0 aromatic carbocycles. The van der Waals surface area contributed by atoms with E-state index in [1.54, 1.807) is 0 Å². The zero-order chi connectivity index (χ0) is 18.4. The van der Waals surface area contributed by atoms with Crippen LogP contribution in [-0.4, -0.2) is 53.2 Å². The molecule has 0 aromatic heterocycles. The van der Waals surface area contributed by atoms with E-state index in [-0.39, 0.29) is 23.5 Å². The van der Waals surface area contributed by atoms with Crippen molar-refractivity contribution in [3.63, 3.8) is 0 Å². The van der Waals surface area contributed by atoms with E-state index >= 15 is 0 Å². The molecule has 1 aliphatic carbocycles. The van der Waals surface area contributed by atoms with E-state index in [0.29, 0.717) is 12.8 Å². The molecule has 0 spiro atoms. The molecule has 0 radical (unpaired) electrons. The number of carbonyl (C=O) groups excluding carboxylic acids is 2. The lowest BCUT2D eigenvalue weighted by atomic mass is 9.84. The number of ether oxygens (including phenoxy) is 1. The Morgan fingerprint density at radius 2 is 1.75 bits per heavy atom. The van der Waals surface area contributed by atoms with Crippen LogP contribution in [0.5, 0.6) is 0 Å². The predicted octanol–water partition coefficient (Wildman–Crippen LogP) is -0.0785. The summed E-state index contributed by atoms with van der Waals surface area (Å²) >= 11 is 0. The van der Waals surface area contributed by atoms with E-state index in [1.807, 2.05) is 13.8 Å². The molecular weight excluding hydrogens is 314 g/mol. The highest BCUT2D eigenvalue weighted by molar-refractivity contribution is 5.90. The van der Waals surface area contributed by atoms with Crippen molar-refractivity contribution in [1.29, 1.82) is 0 Å². The topological polar surface area (TPSA) is 131 Å². The van der Waals surface area contributed by atoms with E-state index in [4.69, 9.17) is 10.5 Å². The molecule has 4 atom stereocenters. The Morgan fingerprint density at radius 3 is 2.17 bits per heavy atom. The summed E-state index contributed by atoms with van der Waals surface area (Å²) in [7, 11) is 0. The number of amides is 2. The van der Waals surface area contributed by atoms with Crippen molar-refractivity contribution in [3.8, 4) is 0 Å². The average molecular weight is 341 g/mol. The number of nitrogens with two attached hydrogens (primary N) is 1. The van der Waals surface area contributed by atoms with Crippen LogP contribution in [0.1, 0.15) is 40.5 Å². The Morgan fingerprint density at radius 1 is 1.21 bits per heavy atom. The van der Waals surface area contributed by atoms with Crippen LogP contribution in [0.4, 0.5) is 0 Å². The molecule has 1 rings (SSSR count). The maximum atomic E-state index is 11.6. The summed E-state index contributed by atoms with van der Waals surface area (Å²) in [5.41, 5.74) is 6.02. The summed E-state index contributed by atoms with van der Waals surface area (Å²) in [5.74, 6) is -1.87. The van der Waals surface area contributed by atoms with Gasteiger partial charge in [-0.25, -0.2) is 4.79 Å². The second-order valence-electron chi connectivity index (χ2n) is 5.95. The van der Waals surface area contributed by atoms with Gasteiger partial charge in [-0.2, -0.15) is 0 Å². The van der Waals surface area contributed by atoms with E-state index < -0.39 is 30.2 Å².